The van der Waals surface area contributed by atoms with E-state index >= 15 is 0 Å². The van der Waals surface area contributed by atoms with Crippen molar-refractivity contribution in [2.75, 3.05) is 11.9 Å². The molecule has 0 atom stereocenters. The topological polar surface area (TPSA) is 69.0 Å². The second-order valence-corrected chi connectivity index (χ2v) is 8.05. The number of anilines is 1. The predicted octanol–water partition coefficient (Wildman–Crippen LogP) is 6.62. The molecule has 5 aromatic rings. The highest BCUT2D eigenvalue weighted by atomic mass is 16.5. The third-order valence-electron chi connectivity index (χ3n) is 5.68. The molecule has 0 spiro atoms. The molecule has 6 heteroatoms. The van der Waals surface area contributed by atoms with E-state index in [1.54, 1.807) is 34.9 Å². The van der Waals surface area contributed by atoms with E-state index in [-0.39, 0.29) is 5.69 Å². The van der Waals surface area contributed by atoms with Crippen molar-refractivity contribution >= 4 is 22.9 Å². The Balaban J connectivity index is 1.47. The van der Waals surface area contributed by atoms with Crippen molar-refractivity contribution in [3.8, 4) is 28.4 Å². The largest absolute Gasteiger partial charge is 0.494 e. The minimum absolute atomic E-state index is 0.286. The first-order chi connectivity index (χ1) is 17.6. The third-order valence-corrected chi connectivity index (χ3v) is 5.68. The number of carbonyl (C=O) groups is 2. The fraction of sp³-hybridized carbons (Fsp3) is 0.0667. The van der Waals surface area contributed by atoms with Gasteiger partial charge in [-0.2, -0.15) is 0 Å². The lowest BCUT2D eigenvalue weighted by molar-refractivity contribution is -0.112. The summed E-state index contributed by atoms with van der Waals surface area (Å²) in [6, 6.07) is 31.3. The number of para-hydroxylation sites is 3. The summed E-state index contributed by atoms with van der Waals surface area (Å²) in [5.41, 5.74) is 2.98. The van der Waals surface area contributed by atoms with E-state index in [0.29, 0.717) is 29.4 Å². The zero-order chi connectivity index (χ0) is 24.9. The van der Waals surface area contributed by atoms with Crippen LogP contribution in [0.2, 0.25) is 0 Å². The van der Waals surface area contributed by atoms with Gasteiger partial charge in [0.2, 0.25) is 0 Å². The minimum Gasteiger partial charge on any atom is -0.494 e. The van der Waals surface area contributed by atoms with Crippen molar-refractivity contribution in [3.05, 3.63) is 115 Å². The summed E-state index contributed by atoms with van der Waals surface area (Å²) in [6.45, 7) is 2.49. The van der Waals surface area contributed by atoms with E-state index in [1.807, 2.05) is 85.8 Å². The number of benzene rings is 3. The number of nitrogens with one attached hydrogen (secondary N) is 1. The van der Waals surface area contributed by atoms with E-state index in [9.17, 15) is 9.59 Å². The molecular formula is C30H24N2O4. The van der Waals surface area contributed by atoms with Gasteiger partial charge < -0.3 is 19.2 Å². The monoisotopic (exact) mass is 476 g/mol. The van der Waals surface area contributed by atoms with Crippen LogP contribution in [0.3, 0.4) is 0 Å². The van der Waals surface area contributed by atoms with Crippen molar-refractivity contribution < 1.29 is 19.1 Å². The second-order valence-electron chi connectivity index (χ2n) is 8.05. The highest BCUT2D eigenvalue weighted by molar-refractivity contribution is 6.47. The number of fused-ring (bicyclic) bond motifs is 1. The van der Waals surface area contributed by atoms with Gasteiger partial charge in [0.1, 0.15) is 17.2 Å². The van der Waals surface area contributed by atoms with Crippen molar-refractivity contribution in [1.82, 2.24) is 4.40 Å². The predicted molar refractivity (Wildman–Crippen MR) is 140 cm³/mol. The molecule has 178 valence electrons. The Labute approximate surface area is 208 Å². The quantitative estimate of drug-likeness (QED) is 0.202. The molecule has 0 aliphatic rings. The number of ether oxygens (including phenoxy) is 2. The maximum absolute atomic E-state index is 13.6. The summed E-state index contributed by atoms with van der Waals surface area (Å²) in [5, 5.41) is 2.74. The van der Waals surface area contributed by atoms with E-state index < -0.39 is 11.7 Å². The molecule has 0 aliphatic carbocycles. The Hall–Kier alpha value is -4.84. The number of Topliss-reactive ketones (excluding diaryl/α,β-unsaturated/α-hetero) is 1. The van der Waals surface area contributed by atoms with Crippen LogP contribution in [0.25, 0.3) is 16.6 Å². The Morgan fingerprint density at radius 3 is 2.31 bits per heavy atom. The minimum atomic E-state index is -0.754. The molecule has 1 N–H and O–H groups in total. The third kappa shape index (κ3) is 4.70. The zero-order valence-corrected chi connectivity index (χ0v) is 19.7. The molecule has 0 saturated heterocycles. The molecule has 36 heavy (non-hydrogen) atoms. The first kappa shape index (κ1) is 22.9. The fourth-order valence-electron chi connectivity index (χ4n) is 4.03. The number of carbonyl (C=O) groups excluding carboxylic acids is 2. The average molecular weight is 477 g/mol. The smallest absolute Gasteiger partial charge is 0.298 e. The highest BCUT2D eigenvalue weighted by Crippen LogP contribution is 2.32. The van der Waals surface area contributed by atoms with Crippen LogP contribution in [-0.4, -0.2) is 22.7 Å². The van der Waals surface area contributed by atoms with Crippen molar-refractivity contribution in [3.63, 3.8) is 0 Å². The van der Waals surface area contributed by atoms with Gasteiger partial charge in [0.15, 0.2) is 5.75 Å². The molecule has 0 fully saturated rings. The highest BCUT2D eigenvalue weighted by Gasteiger charge is 2.25. The number of aromatic nitrogens is 1. The van der Waals surface area contributed by atoms with Gasteiger partial charge in [-0.1, -0.05) is 48.5 Å². The van der Waals surface area contributed by atoms with E-state index in [4.69, 9.17) is 9.47 Å². The lowest BCUT2D eigenvalue weighted by atomic mass is 10.0. The summed E-state index contributed by atoms with van der Waals surface area (Å²) in [5.74, 6) is 0.401. The lowest BCUT2D eigenvalue weighted by Gasteiger charge is -2.12. The maximum Gasteiger partial charge on any atom is 0.298 e. The molecule has 5 rings (SSSR count). The first-order valence-electron chi connectivity index (χ1n) is 11.6. The summed E-state index contributed by atoms with van der Waals surface area (Å²) in [6.07, 6.45) is 1.78. The van der Waals surface area contributed by atoms with Crippen LogP contribution in [0.1, 0.15) is 17.4 Å². The second kappa shape index (κ2) is 10.2. The molecular weight excluding hydrogens is 452 g/mol. The molecule has 6 nitrogen and oxygen atoms in total. The summed E-state index contributed by atoms with van der Waals surface area (Å²) in [7, 11) is 0. The number of amides is 1. The molecule has 0 aliphatic heterocycles. The number of ketones is 1. The SMILES string of the molecule is CCOc1ccc(-c2cc3ccccn3c2C(=O)C(=O)Nc2ccccc2Oc2ccccc2)cc1. The normalized spacial score (nSPS) is 10.7. The van der Waals surface area contributed by atoms with Gasteiger partial charge in [-0.05, 0) is 67.1 Å². The van der Waals surface area contributed by atoms with Gasteiger partial charge in [0.05, 0.1) is 12.3 Å². The molecule has 0 bridgehead atoms. The summed E-state index contributed by atoms with van der Waals surface area (Å²) in [4.78, 5) is 26.8. The molecule has 0 saturated carbocycles. The maximum atomic E-state index is 13.6. The standard InChI is InChI=1S/C30H24N2O4/c1-2-35-23-17-15-21(16-18-23)25-20-22-10-8-9-19-32(22)28(25)29(33)30(34)31-26-13-6-7-14-27(26)36-24-11-4-3-5-12-24/h3-20H,2H2,1H3,(H,31,34). The molecule has 3 aromatic carbocycles. The van der Waals surface area contributed by atoms with Crippen LogP contribution < -0.4 is 14.8 Å². The van der Waals surface area contributed by atoms with Gasteiger partial charge in [-0.25, -0.2) is 0 Å². The molecule has 1 amide bonds. The molecule has 0 radical (unpaired) electrons. The summed E-state index contributed by atoms with van der Waals surface area (Å²) >= 11 is 0. The Morgan fingerprint density at radius 2 is 1.53 bits per heavy atom. The van der Waals surface area contributed by atoms with Gasteiger partial charge in [0.25, 0.3) is 11.7 Å². The Bertz CT molecular complexity index is 1520. The number of pyridine rings is 1. The lowest BCUT2D eigenvalue weighted by Crippen LogP contribution is -2.24. The molecule has 0 unspecified atom stereocenters. The number of hydrogen-bond donors (Lipinski definition) is 1. The van der Waals surface area contributed by atoms with E-state index in [2.05, 4.69) is 5.32 Å². The van der Waals surface area contributed by atoms with Crippen LogP contribution in [-0.2, 0) is 4.79 Å². The van der Waals surface area contributed by atoms with Gasteiger partial charge >= 0.3 is 0 Å². The van der Waals surface area contributed by atoms with E-state index in [0.717, 1.165) is 16.8 Å². The van der Waals surface area contributed by atoms with Crippen LogP contribution in [0.4, 0.5) is 5.69 Å². The number of rotatable bonds is 8. The van der Waals surface area contributed by atoms with Gasteiger partial charge in [-0.15, -0.1) is 0 Å². The zero-order valence-electron chi connectivity index (χ0n) is 19.7. The van der Waals surface area contributed by atoms with Crippen LogP contribution in [0, 0.1) is 0 Å². The van der Waals surface area contributed by atoms with Crippen molar-refractivity contribution in [1.29, 1.82) is 0 Å². The van der Waals surface area contributed by atoms with Crippen LogP contribution in [0.15, 0.2) is 109 Å². The molecule has 2 aromatic heterocycles. The summed E-state index contributed by atoms with van der Waals surface area (Å²) < 4.78 is 13.2. The number of hydrogen-bond acceptors (Lipinski definition) is 4. The molecule has 2 heterocycles. The van der Waals surface area contributed by atoms with Crippen molar-refractivity contribution in [2.45, 2.75) is 6.92 Å². The number of nitrogens with zero attached hydrogens (tertiary/aromatic N) is 1. The Morgan fingerprint density at radius 1 is 0.806 bits per heavy atom. The Kier molecular flexibility index (Phi) is 6.49. The van der Waals surface area contributed by atoms with Gasteiger partial charge in [0, 0.05) is 17.3 Å². The van der Waals surface area contributed by atoms with Crippen molar-refractivity contribution in [2.24, 2.45) is 0 Å². The van der Waals surface area contributed by atoms with Crippen LogP contribution in [0.5, 0.6) is 17.2 Å². The van der Waals surface area contributed by atoms with Gasteiger partial charge in [-0.3, -0.25) is 9.59 Å². The average Bonchev–Trinajstić information content (AvgIpc) is 3.30. The van der Waals surface area contributed by atoms with E-state index in [1.165, 1.54) is 0 Å². The first-order valence-corrected chi connectivity index (χ1v) is 11.6. The van der Waals surface area contributed by atoms with Crippen LogP contribution >= 0.6 is 0 Å². The fourth-order valence-corrected chi connectivity index (χ4v) is 4.03.